The molecular weight excluding hydrogens is 277 g/mol. The molecule has 0 fully saturated rings. The minimum Gasteiger partial charge on any atom is -0.249 e. The first-order chi connectivity index (χ1) is 6.36. The summed E-state index contributed by atoms with van der Waals surface area (Å²) in [6, 6.07) is 8.26. The van der Waals surface area contributed by atoms with Crippen LogP contribution in [0.2, 0.25) is 0 Å². The second-order valence-corrected chi connectivity index (χ2v) is 3.85. The Balaban J connectivity index is 2.24. The van der Waals surface area contributed by atoms with Gasteiger partial charge < -0.3 is 0 Å². The highest BCUT2D eigenvalue weighted by atomic mass is 127. The maximum atomic E-state index is 4.05. The fraction of sp³-hybridized carbons (Fsp3) is 0.111. The Morgan fingerprint density at radius 2 is 2.15 bits per heavy atom. The highest BCUT2D eigenvalue weighted by molar-refractivity contribution is 14.1. The summed E-state index contributed by atoms with van der Waals surface area (Å²) in [5, 5.41) is 4.05. The van der Waals surface area contributed by atoms with Gasteiger partial charge >= 0.3 is 0 Å². The monoisotopic (exact) mass is 285 g/mol. The van der Waals surface area contributed by atoms with Crippen LogP contribution in [-0.4, -0.2) is 14.8 Å². The Morgan fingerprint density at radius 1 is 1.31 bits per heavy atom. The van der Waals surface area contributed by atoms with Gasteiger partial charge in [0.05, 0.1) is 6.54 Å². The molecule has 13 heavy (non-hydrogen) atoms. The lowest BCUT2D eigenvalue weighted by Gasteiger charge is -2.02. The number of hydrogen-bond donors (Lipinski definition) is 0. The number of aromatic nitrogens is 3. The van der Waals surface area contributed by atoms with E-state index in [0.29, 0.717) is 0 Å². The maximum absolute atomic E-state index is 4.05. The molecule has 66 valence electrons. The second-order valence-electron chi connectivity index (χ2n) is 2.68. The van der Waals surface area contributed by atoms with E-state index in [2.05, 4.69) is 44.8 Å². The molecule has 1 aromatic heterocycles. The largest absolute Gasteiger partial charge is 0.249 e. The normalized spacial score (nSPS) is 10.2. The second kappa shape index (κ2) is 3.87. The SMILES string of the molecule is Ic1ccccc1Cn1cncn1. The van der Waals surface area contributed by atoms with Crippen molar-refractivity contribution in [1.82, 2.24) is 14.8 Å². The average molecular weight is 285 g/mol. The summed E-state index contributed by atoms with van der Waals surface area (Å²) in [6.45, 7) is 0.791. The van der Waals surface area contributed by atoms with Gasteiger partial charge in [0.25, 0.3) is 0 Å². The van der Waals surface area contributed by atoms with Gasteiger partial charge in [-0.25, -0.2) is 9.67 Å². The van der Waals surface area contributed by atoms with Crippen LogP contribution in [-0.2, 0) is 6.54 Å². The Hall–Kier alpha value is -0.910. The van der Waals surface area contributed by atoms with Crippen molar-refractivity contribution in [3.05, 3.63) is 46.1 Å². The van der Waals surface area contributed by atoms with Crippen molar-refractivity contribution in [2.45, 2.75) is 6.54 Å². The predicted octanol–water partition coefficient (Wildman–Crippen LogP) is 1.93. The van der Waals surface area contributed by atoms with Crippen molar-refractivity contribution >= 4 is 22.6 Å². The number of halogens is 1. The smallest absolute Gasteiger partial charge is 0.137 e. The number of benzene rings is 1. The summed E-state index contributed by atoms with van der Waals surface area (Å²) in [6.07, 6.45) is 3.28. The van der Waals surface area contributed by atoms with Crippen LogP contribution in [0.3, 0.4) is 0 Å². The summed E-state index contributed by atoms with van der Waals surface area (Å²) in [5.74, 6) is 0. The average Bonchev–Trinajstić information content (AvgIpc) is 2.61. The molecule has 3 nitrogen and oxygen atoms in total. The van der Waals surface area contributed by atoms with Crippen molar-refractivity contribution in [2.24, 2.45) is 0 Å². The first-order valence-corrected chi connectivity index (χ1v) is 5.00. The Labute approximate surface area is 89.9 Å². The third kappa shape index (κ3) is 2.06. The Bertz CT molecular complexity index is 384. The summed E-state index contributed by atoms with van der Waals surface area (Å²) in [7, 11) is 0. The number of nitrogens with zero attached hydrogens (tertiary/aromatic N) is 3. The van der Waals surface area contributed by atoms with E-state index in [-0.39, 0.29) is 0 Å². The molecule has 0 atom stereocenters. The van der Waals surface area contributed by atoms with Gasteiger partial charge in [0, 0.05) is 3.57 Å². The van der Waals surface area contributed by atoms with E-state index in [1.165, 1.54) is 9.13 Å². The summed E-state index contributed by atoms with van der Waals surface area (Å²) < 4.78 is 3.08. The molecule has 0 bridgehead atoms. The van der Waals surface area contributed by atoms with Crippen molar-refractivity contribution in [3.8, 4) is 0 Å². The molecule has 0 aliphatic carbocycles. The van der Waals surface area contributed by atoms with Gasteiger partial charge in [-0.1, -0.05) is 18.2 Å². The predicted molar refractivity (Wildman–Crippen MR) is 58.3 cm³/mol. The van der Waals surface area contributed by atoms with Gasteiger partial charge in [-0.15, -0.1) is 0 Å². The molecule has 2 aromatic rings. The van der Waals surface area contributed by atoms with Crippen molar-refractivity contribution in [2.75, 3.05) is 0 Å². The number of rotatable bonds is 2. The third-order valence-corrected chi connectivity index (χ3v) is 2.81. The fourth-order valence-electron chi connectivity index (χ4n) is 1.12. The zero-order chi connectivity index (χ0) is 9.10. The van der Waals surface area contributed by atoms with E-state index < -0.39 is 0 Å². The molecule has 4 heteroatoms. The summed E-state index contributed by atoms with van der Waals surface area (Å²) in [5.41, 5.74) is 1.27. The van der Waals surface area contributed by atoms with Crippen LogP contribution in [0.4, 0.5) is 0 Å². The van der Waals surface area contributed by atoms with E-state index in [4.69, 9.17) is 0 Å². The molecule has 0 amide bonds. The van der Waals surface area contributed by atoms with Gasteiger partial charge in [0.15, 0.2) is 0 Å². The minimum absolute atomic E-state index is 0.791. The van der Waals surface area contributed by atoms with Crippen LogP contribution in [0.15, 0.2) is 36.9 Å². The van der Waals surface area contributed by atoms with Crippen molar-refractivity contribution in [3.63, 3.8) is 0 Å². The van der Waals surface area contributed by atoms with Crippen LogP contribution in [0.1, 0.15) is 5.56 Å². The zero-order valence-corrected chi connectivity index (χ0v) is 9.05. The summed E-state index contributed by atoms with van der Waals surface area (Å²) >= 11 is 2.32. The highest BCUT2D eigenvalue weighted by Crippen LogP contribution is 2.11. The van der Waals surface area contributed by atoms with E-state index in [0.717, 1.165) is 6.54 Å². The molecular formula is C9H8IN3. The van der Waals surface area contributed by atoms with E-state index in [1.807, 2.05) is 16.8 Å². The molecule has 1 heterocycles. The van der Waals surface area contributed by atoms with E-state index in [1.54, 1.807) is 12.7 Å². The minimum atomic E-state index is 0.791. The van der Waals surface area contributed by atoms with Crippen LogP contribution in [0, 0.1) is 3.57 Å². The molecule has 0 saturated carbocycles. The lowest BCUT2D eigenvalue weighted by Crippen LogP contribution is -2.01. The lowest BCUT2D eigenvalue weighted by atomic mass is 10.2. The quantitative estimate of drug-likeness (QED) is 0.789. The highest BCUT2D eigenvalue weighted by Gasteiger charge is 1.98. The molecule has 1 aromatic carbocycles. The standard InChI is InChI=1S/C9H8IN3/c10-9-4-2-1-3-8(9)5-13-7-11-6-12-13/h1-4,6-7H,5H2. The van der Waals surface area contributed by atoms with Crippen LogP contribution in [0.25, 0.3) is 0 Å². The van der Waals surface area contributed by atoms with E-state index >= 15 is 0 Å². The molecule has 0 spiro atoms. The van der Waals surface area contributed by atoms with Gasteiger partial charge in [-0.2, -0.15) is 5.10 Å². The first kappa shape index (κ1) is 8.68. The molecule has 0 unspecified atom stereocenters. The molecule has 0 N–H and O–H groups in total. The molecule has 0 saturated heterocycles. The van der Waals surface area contributed by atoms with Crippen LogP contribution < -0.4 is 0 Å². The number of hydrogen-bond acceptors (Lipinski definition) is 2. The molecule has 2 rings (SSSR count). The topological polar surface area (TPSA) is 30.7 Å². The maximum Gasteiger partial charge on any atom is 0.137 e. The van der Waals surface area contributed by atoms with Crippen LogP contribution in [0.5, 0.6) is 0 Å². The molecule has 0 radical (unpaired) electrons. The van der Waals surface area contributed by atoms with Crippen molar-refractivity contribution in [1.29, 1.82) is 0 Å². The molecule has 0 aliphatic heterocycles. The van der Waals surface area contributed by atoms with Gasteiger partial charge in [0.1, 0.15) is 12.7 Å². The van der Waals surface area contributed by atoms with Crippen molar-refractivity contribution < 1.29 is 0 Å². The molecule has 0 aliphatic rings. The zero-order valence-electron chi connectivity index (χ0n) is 6.89. The Morgan fingerprint density at radius 3 is 2.85 bits per heavy atom. The van der Waals surface area contributed by atoms with Gasteiger partial charge in [0.2, 0.25) is 0 Å². The fourth-order valence-corrected chi connectivity index (χ4v) is 1.67. The summed E-state index contributed by atoms with van der Waals surface area (Å²) in [4.78, 5) is 3.90. The third-order valence-electron chi connectivity index (χ3n) is 1.76. The van der Waals surface area contributed by atoms with Gasteiger partial charge in [-0.05, 0) is 34.2 Å². The first-order valence-electron chi connectivity index (χ1n) is 3.92. The Kier molecular flexibility index (Phi) is 2.58. The lowest BCUT2D eigenvalue weighted by molar-refractivity contribution is 0.683. The van der Waals surface area contributed by atoms with Crippen LogP contribution >= 0.6 is 22.6 Å². The van der Waals surface area contributed by atoms with E-state index in [9.17, 15) is 0 Å². The van der Waals surface area contributed by atoms with Gasteiger partial charge in [-0.3, -0.25) is 0 Å².